The van der Waals surface area contributed by atoms with Crippen molar-refractivity contribution in [3.05, 3.63) is 64.7 Å². The molecule has 2 aromatic rings. The highest BCUT2D eigenvalue weighted by Gasteiger charge is 2.19. The number of amides is 1. The van der Waals surface area contributed by atoms with Crippen molar-refractivity contribution in [2.24, 2.45) is 0 Å². The number of hydrogen-bond donors (Lipinski definition) is 2. The second-order valence-corrected chi connectivity index (χ2v) is 5.14. The maximum absolute atomic E-state index is 11.3. The summed E-state index contributed by atoms with van der Waals surface area (Å²) in [6.07, 6.45) is 0.732. The second-order valence-electron chi connectivity index (χ2n) is 5.14. The molecule has 102 valence electrons. The van der Waals surface area contributed by atoms with Crippen molar-refractivity contribution in [3.8, 4) is 0 Å². The Hall–Kier alpha value is -2.13. The second kappa shape index (κ2) is 5.10. The number of carbonyl (C=O) groups is 1. The van der Waals surface area contributed by atoms with Gasteiger partial charge in [-0.25, -0.2) is 0 Å². The van der Waals surface area contributed by atoms with E-state index in [4.69, 9.17) is 0 Å². The summed E-state index contributed by atoms with van der Waals surface area (Å²) in [5, 5.41) is 13.2. The van der Waals surface area contributed by atoms with E-state index in [9.17, 15) is 9.90 Å². The highest BCUT2D eigenvalue weighted by molar-refractivity contribution is 5.99. The molecule has 2 aromatic carbocycles. The molecule has 0 fully saturated rings. The summed E-state index contributed by atoms with van der Waals surface area (Å²) in [5.74, 6) is 0.0129. The lowest BCUT2D eigenvalue weighted by atomic mass is 9.97. The molecule has 1 amide bonds. The molecule has 1 aliphatic rings. The fourth-order valence-corrected chi connectivity index (χ4v) is 2.55. The molecule has 3 nitrogen and oxygen atoms in total. The lowest BCUT2D eigenvalue weighted by molar-refractivity contribution is -0.115. The van der Waals surface area contributed by atoms with E-state index in [-0.39, 0.29) is 5.91 Å². The van der Waals surface area contributed by atoms with E-state index in [0.29, 0.717) is 6.42 Å². The summed E-state index contributed by atoms with van der Waals surface area (Å²) in [4.78, 5) is 11.3. The van der Waals surface area contributed by atoms with Gasteiger partial charge in [0.2, 0.25) is 5.91 Å². The van der Waals surface area contributed by atoms with Crippen LogP contribution in [0.15, 0.2) is 42.5 Å². The van der Waals surface area contributed by atoms with Crippen molar-refractivity contribution in [2.45, 2.75) is 25.9 Å². The molecule has 0 saturated heterocycles. The lowest BCUT2D eigenvalue weighted by Gasteiger charge is -2.13. The first kappa shape index (κ1) is 12.9. The Balaban J connectivity index is 1.88. The van der Waals surface area contributed by atoms with Gasteiger partial charge in [0, 0.05) is 5.69 Å². The molecule has 1 unspecified atom stereocenters. The summed E-state index contributed by atoms with van der Waals surface area (Å²) in [7, 11) is 0. The number of aliphatic hydroxyl groups is 1. The minimum Gasteiger partial charge on any atom is -0.384 e. The summed E-state index contributed by atoms with van der Waals surface area (Å²) >= 11 is 0. The van der Waals surface area contributed by atoms with Crippen molar-refractivity contribution in [1.29, 1.82) is 0 Å². The third kappa shape index (κ3) is 2.32. The average molecular weight is 267 g/mol. The van der Waals surface area contributed by atoms with Crippen molar-refractivity contribution < 1.29 is 9.90 Å². The van der Waals surface area contributed by atoms with E-state index < -0.39 is 6.10 Å². The minimum absolute atomic E-state index is 0.0129. The van der Waals surface area contributed by atoms with Crippen molar-refractivity contribution >= 4 is 11.6 Å². The molecule has 3 heteroatoms. The Bertz CT molecular complexity index is 647. The summed E-state index contributed by atoms with van der Waals surface area (Å²) in [6.45, 7) is 2.11. The maximum atomic E-state index is 11.3. The van der Waals surface area contributed by atoms with Gasteiger partial charge in [-0.2, -0.15) is 0 Å². The topological polar surface area (TPSA) is 49.3 Å². The Morgan fingerprint density at radius 1 is 1.15 bits per heavy atom. The fourth-order valence-electron chi connectivity index (χ4n) is 2.55. The molecule has 20 heavy (non-hydrogen) atoms. The molecular weight excluding hydrogens is 250 g/mol. The number of nitrogens with one attached hydrogen (secondary N) is 1. The minimum atomic E-state index is -0.651. The molecule has 2 N–H and O–H groups in total. The van der Waals surface area contributed by atoms with Gasteiger partial charge in [0.1, 0.15) is 6.10 Å². The van der Waals surface area contributed by atoms with Crippen LogP contribution in [0.2, 0.25) is 0 Å². The molecule has 1 heterocycles. The first-order chi connectivity index (χ1) is 9.67. The van der Waals surface area contributed by atoms with E-state index >= 15 is 0 Å². The van der Waals surface area contributed by atoms with Gasteiger partial charge in [0.25, 0.3) is 0 Å². The van der Waals surface area contributed by atoms with Crippen LogP contribution in [-0.2, 0) is 17.6 Å². The number of carbonyl (C=O) groups excluding carboxylic acids is 1. The molecule has 0 aromatic heterocycles. The number of anilines is 1. The average Bonchev–Trinajstić information content (AvgIpc) is 2.85. The van der Waals surface area contributed by atoms with Crippen molar-refractivity contribution in [1.82, 2.24) is 0 Å². The van der Waals surface area contributed by atoms with Gasteiger partial charge in [-0.1, -0.05) is 43.3 Å². The molecule has 1 atom stereocenters. The quantitative estimate of drug-likeness (QED) is 0.898. The highest BCUT2D eigenvalue weighted by atomic mass is 16.3. The zero-order valence-corrected chi connectivity index (χ0v) is 11.4. The van der Waals surface area contributed by atoms with E-state index in [1.165, 1.54) is 5.56 Å². The first-order valence-electron chi connectivity index (χ1n) is 6.87. The normalized spacial score (nSPS) is 14.8. The van der Waals surface area contributed by atoms with Gasteiger partial charge >= 0.3 is 0 Å². The molecule has 0 aliphatic carbocycles. The maximum Gasteiger partial charge on any atom is 0.228 e. The largest absolute Gasteiger partial charge is 0.384 e. The fraction of sp³-hybridized carbons (Fsp3) is 0.235. The van der Waals surface area contributed by atoms with Gasteiger partial charge in [0.15, 0.2) is 0 Å². The smallest absolute Gasteiger partial charge is 0.228 e. The van der Waals surface area contributed by atoms with Gasteiger partial charge in [-0.05, 0) is 34.7 Å². The van der Waals surface area contributed by atoms with Crippen molar-refractivity contribution in [2.75, 3.05) is 5.32 Å². The van der Waals surface area contributed by atoms with Crippen LogP contribution < -0.4 is 5.32 Å². The molecule has 0 spiro atoms. The predicted octanol–water partition coefficient (Wildman–Crippen LogP) is 2.83. The zero-order valence-electron chi connectivity index (χ0n) is 11.4. The van der Waals surface area contributed by atoms with Crippen LogP contribution in [0, 0.1) is 0 Å². The van der Waals surface area contributed by atoms with Gasteiger partial charge < -0.3 is 10.4 Å². The first-order valence-corrected chi connectivity index (χ1v) is 6.87. The van der Waals surface area contributed by atoms with E-state index in [0.717, 1.165) is 28.8 Å². The molecule has 1 aliphatic heterocycles. The van der Waals surface area contributed by atoms with Crippen LogP contribution in [0.3, 0.4) is 0 Å². The summed E-state index contributed by atoms with van der Waals surface area (Å²) < 4.78 is 0. The monoisotopic (exact) mass is 267 g/mol. The third-order valence-electron chi connectivity index (χ3n) is 3.77. The summed E-state index contributed by atoms with van der Waals surface area (Å²) in [5.41, 5.74) is 4.76. The number of rotatable bonds is 3. The molecule has 0 radical (unpaired) electrons. The number of hydrogen-bond acceptors (Lipinski definition) is 2. The van der Waals surface area contributed by atoms with Gasteiger partial charge in [-0.3, -0.25) is 4.79 Å². The van der Waals surface area contributed by atoms with Crippen molar-refractivity contribution in [3.63, 3.8) is 0 Å². The van der Waals surface area contributed by atoms with Crippen LogP contribution in [0.1, 0.15) is 35.3 Å². The van der Waals surface area contributed by atoms with Crippen LogP contribution in [0.4, 0.5) is 5.69 Å². The Morgan fingerprint density at radius 2 is 1.85 bits per heavy atom. The summed E-state index contributed by atoms with van der Waals surface area (Å²) in [6, 6.07) is 13.6. The number of fused-ring (bicyclic) bond motifs is 1. The number of benzene rings is 2. The predicted molar refractivity (Wildman–Crippen MR) is 78.7 cm³/mol. The standard InChI is InChI=1S/C17H17NO2/c1-2-11-3-5-12(6-4-11)17(20)13-7-8-15-14(9-13)10-16(19)18-15/h3-9,17,20H,2,10H2,1H3,(H,18,19). The van der Waals surface area contributed by atoms with E-state index in [1.54, 1.807) is 0 Å². The Kier molecular flexibility index (Phi) is 3.28. The Morgan fingerprint density at radius 3 is 2.55 bits per heavy atom. The highest BCUT2D eigenvalue weighted by Crippen LogP contribution is 2.29. The van der Waals surface area contributed by atoms with Crippen LogP contribution in [-0.4, -0.2) is 11.0 Å². The van der Waals surface area contributed by atoms with Crippen LogP contribution in [0.25, 0.3) is 0 Å². The number of aliphatic hydroxyl groups excluding tert-OH is 1. The molecular formula is C17H17NO2. The van der Waals surface area contributed by atoms with Gasteiger partial charge in [0.05, 0.1) is 6.42 Å². The van der Waals surface area contributed by atoms with Crippen LogP contribution in [0.5, 0.6) is 0 Å². The SMILES string of the molecule is CCc1ccc(C(O)c2ccc3c(c2)CC(=O)N3)cc1. The van der Waals surface area contributed by atoms with Crippen LogP contribution >= 0.6 is 0 Å². The number of aryl methyl sites for hydroxylation is 1. The third-order valence-corrected chi connectivity index (χ3v) is 3.77. The molecule has 3 rings (SSSR count). The molecule has 0 saturated carbocycles. The lowest BCUT2D eigenvalue weighted by Crippen LogP contribution is -2.03. The molecule has 0 bridgehead atoms. The van der Waals surface area contributed by atoms with E-state index in [2.05, 4.69) is 12.2 Å². The van der Waals surface area contributed by atoms with Gasteiger partial charge in [-0.15, -0.1) is 0 Å². The van der Waals surface area contributed by atoms with E-state index in [1.807, 2.05) is 42.5 Å². The zero-order chi connectivity index (χ0) is 14.1. The Labute approximate surface area is 118 Å².